The highest BCUT2D eigenvalue weighted by molar-refractivity contribution is 6.31. The minimum Gasteiger partial charge on any atom is -0.319 e. The zero-order chi connectivity index (χ0) is 11.5. The number of imidazole rings is 1. The second-order valence-electron chi connectivity index (χ2n) is 2.53. The number of halogens is 4. The third kappa shape index (κ3) is 3.52. The van der Waals surface area contributed by atoms with Gasteiger partial charge in [-0.15, -0.1) is 13.2 Å². The zero-order valence-electron chi connectivity index (χ0n) is 7.29. The molecule has 0 aliphatic heterocycles. The summed E-state index contributed by atoms with van der Waals surface area (Å²) in [5.41, 5.74) is -0.0105. The number of alkyl halides is 3. The van der Waals surface area contributed by atoms with E-state index in [2.05, 4.69) is 9.72 Å². The average Bonchev–Trinajstić information content (AvgIpc) is 2.46. The van der Waals surface area contributed by atoms with Crippen LogP contribution < -0.4 is 0 Å². The fourth-order valence-electron chi connectivity index (χ4n) is 0.878. The number of carbonyl (C=O) groups is 1. The largest absolute Gasteiger partial charge is 0.522 e. The van der Waals surface area contributed by atoms with Crippen LogP contribution in [-0.2, 0) is 11.3 Å². The Morgan fingerprint density at radius 1 is 1.60 bits per heavy atom. The summed E-state index contributed by atoms with van der Waals surface area (Å²) in [6.07, 6.45) is -3.07. The van der Waals surface area contributed by atoms with E-state index in [0.717, 1.165) is 0 Å². The highest BCUT2D eigenvalue weighted by Gasteiger charge is 2.28. The second-order valence-corrected chi connectivity index (χ2v) is 2.88. The number of aromatic nitrogens is 2. The van der Waals surface area contributed by atoms with Gasteiger partial charge in [-0.05, 0) is 0 Å². The normalized spacial score (nSPS) is 11.7. The van der Waals surface area contributed by atoms with Gasteiger partial charge < -0.3 is 4.57 Å². The van der Waals surface area contributed by atoms with Gasteiger partial charge in [0.2, 0.25) is 0 Å². The topological polar surface area (TPSA) is 44.1 Å². The van der Waals surface area contributed by atoms with Crippen molar-refractivity contribution in [1.29, 1.82) is 0 Å². The Kier molecular flexibility index (Phi) is 3.70. The molecule has 0 amide bonds. The molecule has 0 fully saturated rings. The van der Waals surface area contributed by atoms with E-state index in [4.69, 9.17) is 11.6 Å². The predicted octanol–water partition coefficient (Wildman–Crippen LogP) is 1.89. The Morgan fingerprint density at radius 3 is 2.73 bits per heavy atom. The lowest BCUT2D eigenvalue weighted by molar-refractivity contribution is -0.325. The molecule has 84 valence electrons. The van der Waals surface area contributed by atoms with Gasteiger partial charge in [0.1, 0.15) is 10.8 Å². The maximum absolute atomic E-state index is 11.6. The van der Waals surface area contributed by atoms with Crippen LogP contribution >= 0.6 is 11.6 Å². The molecule has 0 saturated heterocycles. The molecule has 1 aromatic rings. The van der Waals surface area contributed by atoms with Gasteiger partial charge in [0.25, 0.3) is 0 Å². The Bertz CT molecular complexity index is 350. The molecule has 8 heteroatoms. The number of hydrogen-bond donors (Lipinski definition) is 0. The van der Waals surface area contributed by atoms with Crippen molar-refractivity contribution in [2.24, 2.45) is 0 Å². The maximum atomic E-state index is 11.6. The summed E-state index contributed by atoms with van der Waals surface area (Å²) >= 11 is 5.61. The molecule has 15 heavy (non-hydrogen) atoms. The van der Waals surface area contributed by atoms with E-state index in [9.17, 15) is 18.0 Å². The third-order valence-electron chi connectivity index (χ3n) is 1.51. The molecule has 0 saturated carbocycles. The van der Waals surface area contributed by atoms with Crippen molar-refractivity contribution < 1.29 is 22.7 Å². The number of nitrogens with zero attached hydrogens (tertiary/aromatic N) is 2. The van der Waals surface area contributed by atoms with E-state index in [0.29, 0.717) is 6.29 Å². The minimum atomic E-state index is -4.67. The second kappa shape index (κ2) is 4.63. The van der Waals surface area contributed by atoms with Gasteiger partial charge in [-0.2, -0.15) is 0 Å². The highest BCUT2D eigenvalue weighted by atomic mass is 35.5. The van der Waals surface area contributed by atoms with Crippen LogP contribution in [0.2, 0.25) is 5.15 Å². The molecule has 0 spiro atoms. The molecule has 0 radical (unpaired) electrons. The van der Waals surface area contributed by atoms with Crippen molar-refractivity contribution >= 4 is 17.9 Å². The molecule has 0 bridgehead atoms. The molecule has 0 aliphatic carbocycles. The van der Waals surface area contributed by atoms with E-state index >= 15 is 0 Å². The lowest BCUT2D eigenvalue weighted by Gasteiger charge is -2.07. The quantitative estimate of drug-likeness (QED) is 0.758. The van der Waals surface area contributed by atoms with Crippen LogP contribution in [0.5, 0.6) is 0 Å². The number of ether oxygens (including phenoxy) is 1. The summed E-state index contributed by atoms with van der Waals surface area (Å²) in [6.45, 7) is -0.711. The van der Waals surface area contributed by atoms with Gasteiger partial charge in [0.05, 0.1) is 12.9 Å². The molecule has 1 aromatic heterocycles. The van der Waals surface area contributed by atoms with Crippen LogP contribution in [0.4, 0.5) is 13.2 Å². The van der Waals surface area contributed by atoms with Crippen molar-refractivity contribution in [3.63, 3.8) is 0 Å². The lowest BCUT2D eigenvalue weighted by Crippen LogP contribution is -2.17. The predicted molar refractivity (Wildman–Crippen MR) is 44.6 cm³/mol. The molecule has 0 aromatic carbocycles. The molecule has 0 N–H and O–H groups in total. The first-order chi connectivity index (χ1) is 6.94. The summed E-state index contributed by atoms with van der Waals surface area (Å²) in [6, 6.07) is 0. The fraction of sp³-hybridized carbons (Fsp3) is 0.429. The fourth-order valence-corrected chi connectivity index (χ4v) is 1.10. The SMILES string of the molecule is O=Cc1ncn(CCOC(F)(F)F)c1Cl. The van der Waals surface area contributed by atoms with Crippen LogP contribution in [0.25, 0.3) is 0 Å². The van der Waals surface area contributed by atoms with Crippen molar-refractivity contribution in [2.45, 2.75) is 12.9 Å². The van der Waals surface area contributed by atoms with E-state index in [-0.39, 0.29) is 17.4 Å². The molecule has 4 nitrogen and oxygen atoms in total. The smallest absolute Gasteiger partial charge is 0.319 e. The summed E-state index contributed by atoms with van der Waals surface area (Å²) in [5.74, 6) is 0. The Labute approximate surface area is 87.6 Å². The van der Waals surface area contributed by atoms with Crippen LogP contribution in [0.1, 0.15) is 10.5 Å². The van der Waals surface area contributed by atoms with Crippen LogP contribution in [0.15, 0.2) is 6.33 Å². The first kappa shape index (κ1) is 12.0. The molecule has 0 aliphatic rings. The number of rotatable bonds is 4. The van der Waals surface area contributed by atoms with Gasteiger partial charge in [0, 0.05) is 6.54 Å². The third-order valence-corrected chi connectivity index (χ3v) is 1.92. The summed E-state index contributed by atoms with van der Waals surface area (Å²) in [4.78, 5) is 13.9. The van der Waals surface area contributed by atoms with E-state index in [1.54, 1.807) is 0 Å². The van der Waals surface area contributed by atoms with Gasteiger partial charge >= 0.3 is 6.36 Å². The molecule has 1 rings (SSSR count). The molecule has 0 unspecified atom stereocenters. The standard InChI is InChI=1S/C7H6ClF3N2O2/c8-6-5(3-14)12-4-13(6)1-2-15-7(9,10)11/h3-4H,1-2H2. The summed E-state index contributed by atoms with van der Waals surface area (Å²) in [5, 5.41) is -0.00391. The minimum absolute atomic E-state index is 0.00391. The zero-order valence-corrected chi connectivity index (χ0v) is 8.05. The lowest BCUT2D eigenvalue weighted by atomic mass is 10.5. The van der Waals surface area contributed by atoms with Crippen LogP contribution in [0.3, 0.4) is 0 Å². The first-order valence-electron chi connectivity index (χ1n) is 3.80. The van der Waals surface area contributed by atoms with Crippen molar-refractivity contribution in [1.82, 2.24) is 9.55 Å². The first-order valence-corrected chi connectivity index (χ1v) is 4.18. The Morgan fingerprint density at radius 2 is 2.27 bits per heavy atom. The maximum Gasteiger partial charge on any atom is 0.522 e. The average molecular weight is 243 g/mol. The Hall–Kier alpha value is -1.08. The van der Waals surface area contributed by atoms with E-state index in [1.807, 2.05) is 0 Å². The van der Waals surface area contributed by atoms with Gasteiger partial charge in [-0.25, -0.2) is 4.98 Å². The Balaban J connectivity index is 2.51. The molecule has 0 atom stereocenters. The molecular weight excluding hydrogens is 237 g/mol. The van der Waals surface area contributed by atoms with Crippen molar-refractivity contribution in [3.8, 4) is 0 Å². The monoisotopic (exact) mass is 242 g/mol. The van der Waals surface area contributed by atoms with Gasteiger partial charge in [-0.1, -0.05) is 11.6 Å². The van der Waals surface area contributed by atoms with Crippen LogP contribution in [0, 0.1) is 0 Å². The molecule has 1 heterocycles. The van der Waals surface area contributed by atoms with E-state index in [1.165, 1.54) is 10.9 Å². The number of hydrogen-bond acceptors (Lipinski definition) is 3. The number of aldehydes is 1. The van der Waals surface area contributed by atoms with Crippen molar-refractivity contribution in [3.05, 3.63) is 17.2 Å². The highest BCUT2D eigenvalue weighted by Crippen LogP contribution is 2.17. The van der Waals surface area contributed by atoms with Crippen molar-refractivity contribution in [2.75, 3.05) is 6.61 Å². The van der Waals surface area contributed by atoms with Gasteiger partial charge in [0.15, 0.2) is 6.29 Å². The summed E-state index contributed by atoms with van der Waals surface area (Å²) < 4.78 is 39.5. The van der Waals surface area contributed by atoms with Gasteiger partial charge in [-0.3, -0.25) is 9.53 Å². The van der Waals surface area contributed by atoms with Crippen LogP contribution in [-0.4, -0.2) is 28.8 Å². The number of carbonyl (C=O) groups excluding carboxylic acids is 1. The molecular formula is C7H6ClF3N2O2. The summed E-state index contributed by atoms with van der Waals surface area (Å²) in [7, 11) is 0. The van der Waals surface area contributed by atoms with E-state index < -0.39 is 13.0 Å².